The second-order valence-electron chi connectivity index (χ2n) is 4.79. The van der Waals surface area contributed by atoms with Crippen molar-refractivity contribution in [2.24, 2.45) is 0 Å². The molecule has 17 heavy (non-hydrogen) atoms. The minimum Gasteiger partial charge on any atom is -0.388 e. The Morgan fingerprint density at radius 1 is 1.29 bits per heavy atom. The predicted octanol–water partition coefficient (Wildman–Crippen LogP) is 3.65. The van der Waals surface area contributed by atoms with E-state index in [1.54, 1.807) is 18.9 Å². The van der Waals surface area contributed by atoms with Gasteiger partial charge in [-0.1, -0.05) is 12.1 Å². The van der Waals surface area contributed by atoms with Gasteiger partial charge in [-0.3, -0.25) is 0 Å². The highest BCUT2D eigenvalue weighted by molar-refractivity contribution is 7.98. The third kappa shape index (κ3) is 4.70. The second-order valence-corrected chi connectivity index (χ2v) is 5.67. The number of hydrogen-bond acceptors (Lipinski definition) is 3. The molecule has 0 bridgehead atoms. The van der Waals surface area contributed by atoms with Crippen LogP contribution in [0.25, 0.3) is 0 Å². The Kier molecular flexibility index (Phi) is 5.50. The van der Waals surface area contributed by atoms with Gasteiger partial charge in [0, 0.05) is 12.0 Å². The van der Waals surface area contributed by atoms with Crippen LogP contribution in [0.1, 0.15) is 38.4 Å². The van der Waals surface area contributed by atoms with E-state index >= 15 is 0 Å². The molecule has 0 aliphatic carbocycles. The molecule has 3 heteroatoms. The molecule has 0 heterocycles. The van der Waals surface area contributed by atoms with Gasteiger partial charge in [-0.2, -0.15) is 0 Å². The first-order chi connectivity index (χ1) is 7.98. The number of rotatable bonds is 6. The topological polar surface area (TPSA) is 29.5 Å². The van der Waals surface area contributed by atoms with Crippen LogP contribution in [-0.2, 0) is 4.74 Å². The van der Waals surface area contributed by atoms with Crippen molar-refractivity contribution in [2.45, 2.75) is 43.3 Å². The maximum atomic E-state index is 10.1. The summed E-state index contributed by atoms with van der Waals surface area (Å²) in [5.41, 5.74) is 0.815. The van der Waals surface area contributed by atoms with Crippen molar-refractivity contribution in [3.63, 3.8) is 0 Å². The highest BCUT2D eigenvalue weighted by Gasteiger charge is 2.18. The molecule has 0 saturated carbocycles. The van der Waals surface area contributed by atoms with Gasteiger partial charge < -0.3 is 9.84 Å². The van der Waals surface area contributed by atoms with Crippen LogP contribution in [0.15, 0.2) is 29.2 Å². The zero-order valence-electron chi connectivity index (χ0n) is 11.1. The van der Waals surface area contributed by atoms with E-state index in [4.69, 9.17) is 4.74 Å². The first-order valence-corrected chi connectivity index (χ1v) is 7.08. The predicted molar refractivity (Wildman–Crippen MR) is 73.5 cm³/mol. The highest BCUT2D eigenvalue weighted by atomic mass is 32.2. The van der Waals surface area contributed by atoms with Gasteiger partial charge in [-0.25, -0.2) is 0 Å². The van der Waals surface area contributed by atoms with E-state index in [-0.39, 0.29) is 5.60 Å². The number of aliphatic hydroxyl groups excluding tert-OH is 1. The van der Waals surface area contributed by atoms with Gasteiger partial charge in [0.15, 0.2) is 0 Å². The molecule has 0 spiro atoms. The molecule has 0 aromatic heterocycles. The minimum atomic E-state index is -0.402. The Hall–Kier alpha value is -0.510. The molecular weight excluding hydrogens is 232 g/mol. The quantitative estimate of drug-likeness (QED) is 0.786. The van der Waals surface area contributed by atoms with Gasteiger partial charge in [0.05, 0.1) is 11.7 Å². The number of hydrogen-bond donors (Lipinski definition) is 1. The van der Waals surface area contributed by atoms with Crippen LogP contribution in [0.3, 0.4) is 0 Å². The third-order valence-corrected chi connectivity index (χ3v) is 3.82. The van der Waals surface area contributed by atoms with Gasteiger partial charge >= 0.3 is 0 Å². The lowest BCUT2D eigenvalue weighted by Crippen LogP contribution is -2.23. The Labute approximate surface area is 108 Å². The zero-order valence-corrected chi connectivity index (χ0v) is 11.9. The summed E-state index contributed by atoms with van der Waals surface area (Å²) < 4.78 is 5.35. The lowest BCUT2D eigenvalue weighted by atomic mass is 9.97. The fourth-order valence-corrected chi connectivity index (χ4v) is 1.99. The number of ether oxygens (including phenoxy) is 1. The normalized spacial score (nSPS) is 13.7. The van der Waals surface area contributed by atoms with Crippen molar-refractivity contribution in [3.8, 4) is 0 Å². The van der Waals surface area contributed by atoms with E-state index in [0.717, 1.165) is 18.4 Å². The second kappa shape index (κ2) is 6.43. The maximum absolute atomic E-state index is 10.1. The molecule has 0 aliphatic rings. The van der Waals surface area contributed by atoms with E-state index in [0.29, 0.717) is 0 Å². The molecule has 1 atom stereocenters. The van der Waals surface area contributed by atoms with Gasteiger partial charge in [-0.15, -0.1) is 11.8 Å². The lowest BCUT2D eigenvalue weighted by Gasteiger charge is -2.24. The van der Waals surface area contributed by atoms with Gasteiger partial charge in [0.2, 0.25) is 0 Å². The standard InChI is InChI=1S/C14H22O2S/c1-14(2,16-3)10-9-13(15)11-5-7-12(17-4)8-6-11/h5-8,13,15H,9-10H2,1-4H3. The summed E-state index contributed by atoms with van der Waals surface area (Å²) in [5.74, 6) is 0. The first kappa shape index (κ1) is 14.6. The van der Waals surface area contributed by atoms with Crippen LogP contribution in [0.5, 0.6) is 0 Å². The minimum absolute atomic E-state index is 0.166. The summed E-state index contributed by atoms with van der Waals surface area (Å²) in [6, 6.07) is 8.09. The largest absolute Gasteiger partial charge is 0.388 e. The van der Waals surface area contributed by atoms with Crippen LogP contribution < -0.4 is 0 Å². The smallest absolute Gasteiger partial charge is 0.0791 e. The molecule has 0 radical (unpaired) electrons. The molecule has 1 unspecified atom stereocenters. The van der Waals surface area contributed by atoms with E-state index < -0.39 is 6.10 Å². The summed E-state index contributed by atoms with van der Waals surface area (Å²) >= 11 is 1.71. The van der Waals surface area contributed by atoms with Crippen LogP contribution in [-0.4, -0.2) is 24.1 Å². The Morgan fingerprint density at radius 2 is 1.88 bits per heavy atom. The average molecular weight is 254 g/mol. The fourth-order valence-electron chi connectivity index (χ4n) is 1.58. The summed E-state index contributed by atoms with van der Waals surface area (Å²) in [4.78, 5) is 1.22. The third-order valence-electron chi connectivity index (χ3n) is 3.07. The van der Waals surface area contributed by atoms with Crippen LogP contribution in [0.4, 0.5) is 0 Å². The van der Waals surface area contributed by atoms with Gasteiger partial charge in [0.25, 0.3) is 0 Å². The molecule has 0 amide bonds. The summed E-state index contributed by atoms with van der Waals surface area (Å²) in [7, 11) is 1.71. The number of methoxy groups -OCH3 is 1. The van der Waals surface area contributed by atoms with Crippen molar-refractivity contribution in [3.05, 3.63) is 29.8 Å². The Bertz CT molecular complexity index is 333. The highest BCUT2D eigenvalue weighted by Crippen LogP contribution is 2.25. The van der Waals surface area contributed by atoms with Gasteiger partial charge in [-0.05, 0) is 50.6 Å². The van der Waals surface area contributed by atoms with Crippen LogP contribution in [0.2, 0.25) is 0 Å². The molecule has 0 fully saturated rings. The molecule has 1 aromatic carbocycles. The number of benzene rings is 1. The zero-order chi connectivity index (χ0) is 12.9. The van der Waals surface area contributed by atoms with Crippen molar-refractivity contribution in [1.82, 2.24) is 0 Å². The monoisotopic (exact) mass is 254 g/mol. The molecule has 96 valence electrons. The van der Waals surface area contributed by atoms with E-state index in [2.05, 4.69) is 0 Å². The Morgan fingerprint density at radius 3 is 2.35 bits per heavy atom. The number of thioether (sulfide) groups is 1. The van der Waals surface area contributed by atoms with Crippen LogP contribution in [0, 0.1) is 0 Å². The van der Waals surface area contributed by atoms with Crippen molar-refractivity contribution in [2.75, 3.05) is 13.4 Å². The Balaban J connectivity index is 2.54. The molecule has 1 aromatic rings. The molecule has 1 rings (SSSR count). The molecular formula is C14H22O2S. The summed E-state index contributed by atoms with van der Waals surface area (Å²) in [5, 5.41) is 10.1. The van der Waals surface area contributed by atoms with Gasteiger partial charge in [0.1, 0.15) is 0 Å². The molecule has 0 saturated heterocycles. The fraction of sp³-hybridized carbons (Fsp3) is 0.571. The first-order valence-electron chi connectivity index (χ1n) is 5.85. The lowest BCUT2D eigenvalue weighted by molar-refractivity contribution is 0.00278. The van der Waals surface area contributed by atoms with Crippen molar-refractivity contribution < 1.29 is 9.84 Å². The molecule has 0 aliphatic heterocycles. The molecule has 2 nitrogen and oxygen atoms in total. The summed E-state index contributed by atoms with van der Waals surface area (Å²) in [6.45, 7) is 4.08. The summed E-state index contributed by atoms with van der Waals surface area (Å²) in [6.07, 6.45) is 3.21. The SMILES string of the molecule is COC(C)(C)CCC(O)c1ccc(SC)cc1. The van der Waals surface area contributed by atoms with Crippen LogP contribution >= 0.6 is 11.8 Å². The van der Waals surface area contributed by atoms with E-state index in [1.807, 2.05) is 44.4 Å². The van der Waals surface area contributed by atoms with E-state index in [9.17, 15) is 5.11 Å². The molecule has 1 N–H and O–H groups in total. The van der Waals surface area contributed by atoms with Crippen molar-refractivity contribution >= 4 is 11.8 Å². The number of aliphatic hydroxyl groups is 1. The van der Waals surface area contributed by atoms with Crippen molar-refractivity contribution in [1.29, 1.82) is 0 Å². The maximum Gasteiger partial charge on any atom is 0.0791 e. The average Bonchev–Trinajstić information content (AvgIpc) is 2.36. The van der Waals surface area contributed by atoms with E-state index in [1.165, 1.54) is 4.90 Å².